The molecule has 2 aromatic carbocycles. The third-order valence-electron chi connectivity index (χ3n) is 2.28. The largest absolute Gasteiger partial charge is 0.606 e. The minimum absolute atomic E-state index is 0.126. The van der Waals surface area contributed by atoms with Crippen molar-refractivity contribution in [3.63, 3.8) is 0 Å². The van der Waals surface area contributed by atoms with Crippen LogP contribution in [0.5, 0.6) is 0 Å². The molecule has 0 bridgehead atoms. The zero-order valence-electron chi connectivity index (χ0n) is 9.08. The standard InChI is InChI=1S/C12H8ClNO3S/c13-11-7-6-9(14(15)16)8-12(11)18(17)10-4-2-1-3-5-10/h1-8H. The lowest BCUT2D eigenvalue weighted by molar-refractivity contribution is -0.385. The highest BCUT2D eigenvalue weighted by molar-refractivity contribution is 7.91. The van der Waals surface area contributed by atoms with Crippen molar-refractivity contribution in [2.45, 2.75) is 9.79 Å². The van der Waals surface area contributed by atoms with E-state index in [1.165, 1.54) is 18.2 Å². The molecule has 0 fully saturated rings. The van der Waals surface area contributed by atoms with Crippen LogP contribution in [-0.4, -0.2) is 9.48 Å². The summed E-state index contributed by atoms with van der Waals surface area (Å²) in [5.41, 5.74) is -0.126. The van der Waals surface area contributed by atoms with Crippen LogP contribution in [0.3, 0.4) is 0 Å². The Morgan fingerprint density at radius 2 is 1.78 bits per heavy atom. The number of hydrogen-bond acceptors (Lipinski definition) is 3. The topological polar surface area (TPSA) is 66.2 Å². The van der Waals surface area contributed by atoms with Gasteiger partial charge < -0.3 is 4.55 Å². The molecule has 0 aromatic heterocycles. The Morgan fingerprint density at radius 1 is 1.11 bits per heavy atom. The fourth-order valence-corrected chi connectivity index (χ4v) is 2.88. The smallest absolute Gasteiger partial charge is 0.274 e. The highest BCUT2D eigenvalue weighted by Crippen LogP contribution is 2.30. The molecule has 0 saturated carbocycles. The highest BCUT2D eigenvalue weighted by Gasteiger charge is 2.21. The van der Waals surface area contributed by atoms with Gasteiger partial charge in [0.15, 0.2) is 9.79 Å². The van der Waals surface area contributed by atoms with Gasteiger partial charge >= 0.3 is 0 Å². The molecule has 0 spiro atoms. The molecule has 0 heterocycles. The van der Waals surface area contributed by atoms with Gasteiger partial charge in [0, 0.05) is 17.2 Å². The van der Waals surface area contributed by atoms with Gasteiger partial charge in [0.25, 0.3) is 5.69 Å². The maximum absolute atomic E-state index is 12.2. The van der Waals surface area contributed by atoms with E-state index >= 15 is 0 Å². The average molecular weight is 282 g/mol. The van der Waals surface area contributed by atoms with E-state index in [-0.39, 0.29) is 15.6 Å². The van der Waals surface area contributed by atoms with Crippen LogP contribution in [0.2, 0.25) is 5.02 Å². The van der Waals surface area contributed by atoms with Crippen molar-refractivity contribution in [1.29, 1.82) is 0 Å². The van der Waals surface area contributed by atoms with Crippen molar-refractivity contribution < 1.29 is 9.48 Å². The molecule has 2 rings (SSSR count). The fraction of sp³-hybridized carbons (Fsp3) is 0. The van der Waals surface area contributed by atoms with E-state index in [4.69, 9.17) is 11.6 Å². The normalized spacial score (nSPS) is 12.1. The Balaban J connectivity index is 2.44. The molecule has 0 amide bonds. The third-order valence-corrected chi connectivity index (χ3v) is 4.16. The summed E-state index contributed by atoms with van der Waals surface area (Å²) in [6, 6.07) is 12.6. The molecular weight excluding hydrogens is 274 g/mol. The number of hydrogen-bond donors (Lipinski definition) is 0. The van der Waals surface area contributed by atoms with Crippen molar-refractivity contribution in [3.8, 4) is 0 Å². The summed E-state index contributed by atoms with van der Waals surface area (Å²) >= 11 is 4.41. The SMILES string of the molecule is O=[N+]([O-])c1ccc(Cl)c([S+]([O-])c2ccccc2)c1. The zero-order valence-corrected chi connectivity index (χ0v) is 10.6. The Morgan fingerprint density at radius 3 is 2.39 bits per heavy atom. The van der Waals surface area contributed by atoms with E-state index < -0.39 is 16.1 Å². The predicted octanol–water partition coefficient (Wildman–Crippen LogP) is 3.41. The van der Waals surface area contributed by atoms with Crippen molar-refractivity contribution in [3.05, 3.63) is 63.7 Å². The maximum atomic E-state index is 12.2. The van der Waals surface area contributed by atoms with Crippen LogP contribution in [-0.2, 0) is 11.2 Å². The number of nitro groups is 1. The summed E-state index contributed by atoms with van der Waals surface area (Å²) in [6.45, 7) is 0. The molecule has 6 heteroatoms. The summed E-state index contributed by atoms with van der Waals surface area (Å²) in [5, 5.41) is 10.9. The van der Waals surface area contributed by atoms with E-state index in [2.05, 4.69) is 0 Å². The molecule has 0 N–H and O–H groups in total. The Bertz CT molecular complexity index is 577. The molecule has 18 heavy (non-hydrogen) atoms. The van der Waals surface area contributed by atoms with Gasteiger partial charge in [-0.25, -0.2) is 0 Å². The number of benzene rings is 2. The summed E-state index contributed by atoms with van der Waals surface area (Å²) < 4.78 is 12.2. The monoisotopic (exact) mass is 281 g/mol. The average Bonchev–Trinajstić information content (AvgIpc) is 2.39. The summed E-state index contributed by atoms with van der Waals surface area (Å²) in [5.74, 6) is 0. The Hall–Kier alpha value is -1.56. The molecule has 0 aliphatic rings. The Labute approximate surface area is 112 Å². The fourth-order valence-electron chi connectivity index (χ4n) is 1.42. The summed E-state index contributed by atoms with van der Waals surface area (Å²) in [7, 11) is 0. The van der Waals surface area contributed by atoms with Crippen LogP contribution in [0.15, 0.2) is 58.3 Å². The first kappa shape index (κ1) is 12.9. The predicted molar refractivity (Wildman–Crippen MR) is 69.2 cm³/mol. The molecule has 4 nitrogen and oxygen atoms in total. The van der Waals surface area contributed by atoms with Crippen LogP contribution in [0.1, 0.15) is 0 Å². The van der Waals surface area contributed by atoms with Crippen LogP contribution in [0, 0.1) is 10.1 Å². The second-order valence-electron chi connectivity index (χ2n) is 3.45. The minimum atomic E-state index is -1.52. The van der Waals surface area contributed by atoms with Crippen LogP contribution in [0.25, 0.3) is 0 Å². The first-order valence-corrected chi connectivity index (χ1v) is 6.53. The maximum Gasteiger partial charge on any atom is 0.274 e. The number of non-ortho nitro benzene ring substituents is 1. The summed E-state index contributed by atoms with van der Waals surface area (Å²) in [4.78, 5) is 11.0. The molecule has 0 aliphatic carbocycles. The lowest BCUT2D eigenvalue weighted by Crippen LogP contribution is -2.03. The van der Waals surface area contributed by atoms with Gasteiger partial charge in [-0.1, -0.05) is 29.8 Å². The van der Waals surface area contributed by atoms with Crippen LogP contribution in [0.4, 0.5) is 5.69 Å². The van der Waals surface area contributed by atoms with Gasteiger partial charge in [-0.15, -0.1) is 0 Å². The summed E-state index contributed by atoms with van der Waals surface area (Å²) in [6.07, 6.45) is 0. The van der Waals surface area contributed by atoms with Crippen LogP contribution >= 0.6 is 11.6 Å². The first-order valence-electron chi connectivity index (χ1n) is 5.00. The lowest BCUT2D eigenvalue weighted by atomic mass is 10.3. The zero-order chi connectivity index (χ0) is 13.1. The lowest BCUT2D eigenvalue weighted by Gasteiger charge is -2.10. The number of halogens is 1. The second-order valence-corrected chi connectivity index (χ2v) is 5.31. The number of nitro benzene ring substituents is 1. The van der Waals surface area contributed by atoms with E-state index in [1.807, 2.05) is 0 Å². The van der Waals surface area contributed by atoms with Crippen molar-refractivity contribution in [2.75, 3.05) is 0 Å². The van der Waals surface area contributed by atoms with Gasteiger partial charge in [-0.2, -0.15) is 0 Å². The Kier molecular flexibility index (Phi) is 3.86. The molecule has 0 radical (unpaired) electrons. The highest BCUT2D eigenvalue weighted by atomic mass is 35.5. The molecule has 1 unspecified atom stereocenters. The molecular formula is C12H8ClNO3S. The second kappa shape index (κ2) is 5.39. The third kappa shape index (κ3) is 2.64. The van der Waals surface area contributed by atoms with Crippen LogP contribution < -0.4 is 0 Å². The van der Waals surface area contributed by atoms with Gasteiger partial charge in [-0.05, 0) is 18.2 Å². The van der Waals surface area contributed by atoms with Crippen molar-refractivity contribution >= 4 is 28.5 Å². The number of nitrogens with zero attached hydrogens (tertiary/aromatic N) is 1. The number of rotatable bonds is 3. The molecule has 92 valence electrons. The first-order chi connectivity index (χ1) is 8.59. The van der Waals surface area contributed by atoms with E-state index in [0.29, 0.717) is 4.90 Å². The molecule has 1 atom stereocenters. The van der Waals surface area contributed by atoms with Gasteiger partial charge in [-0.3, -0.25) is 10.1 Å². The van der Waals surface area contributed by atoms with E-state index in [9.17, 15) is 14.7 Å². The van der Waals surface area contributed by atoms with Gasteiger partial charge in [0.1, 0.15) is 0 Å². The molecule has 0 saturated heterocycles. The van der Waals surface area contributed by atoms with Gasteiger partial charge in [0.05, 0.1) is 16.0 Å². The van der Waals surface area contributed by atoms with Crippen molar-refractivity contribution in [1.82, 2.24) is 0 Å². The molecule has 2 aromatic rings. The quantitative estimate of drug-likeness (QED) is 0.492. The van der Waals surface area contributed by atoms with E-state index in [0.717, 1.165) is 0 Å². The van der Waals surface area contributed by atoms with Gasteiger partial charge in [0.2, 0.25) is 0 Å². The minimum Gasteiger partial charge on any atom is -0.606 e. The molecule has 0 aliphatic heterocycles. The van der Waals surface area contributed by atoms with E-state index in [1.54, 1.807) is 30.3 Å². The van der Waals surface area contributed by atoms with Crippen molar-refractivity contribution in [2.24, 2.45) is 0 Å².